The average Bonchev–Trinajstić information content (AvgIpc) is 2.68. The fraction of sp³-hybridized carbons (Fsp3) is 0.905. The number of aliphatic hydroxyl groups excluding tert-OH is 4. The predicted molar refractivity (Wildman–Crippen MR) is 107 cm³/mol. The van der Waals surface area contributed by atoms with E-state index in [1.54, 1.807) is 0 Å². The molecule has 0 rings (SSSR count). The van der Waals surface area contributed by atoms with Crippen LogP contribution in [0.1, 0.15) is 96.8 Å². The van der Waals surface area contributed by atoms with E-state index in [2.05, 4.69) is 6.92 Å². The summed E-state index contributed by atoms with van der Waals surface area (Å²) in [5.74, 6) is -2.39. The summed E-state index contributed by atoms with van der Waals surface area (Å²) in [4.78, 5) is 22.4. The molecule has 0 heterocycles. The zero-order valence-electron chi connectivity index (χ0n) is 17.3. The zero-order valence-corrected chi connectivity index (χ0v) is 17.3. The standard InChI is InChI=1S/C21H40O7/c1-2-3-4-5-6-7-8-9-10-11-12-13-14-15-16(22)17(23)18(24)19(25)20(26)21(27)28/h17-20,23-26H,2-15H2,1H3,(H,27,28)/t17-,18+,19-,20-/m1/s1. The van der Waals surface area contributed by atoms with Gasteiger partial charge in [-0.2, -0.15) is 0 Å². The minimum Gasteiger partial charge on any atom is -0.479 e. The molecule has 0 aromatic carbocycles. The Kier molecular flexibility index (Phi) is 16.3. The normalized spacial score (nSPS) is 15.8. The fourth-order valence-electron chi connectivity index (χ4n) is 3.17. The lowest BCUT2D eigenvalue weighted by atomic mass is 9.97. The maximum Gasteiger partial charge on any atom is 0.335 e. The molecule has 7 nitrogen and oxygen atoms in total. The van der Waals surface area contributed by atoms with Gasteiger partial charge in [0, 0.05) is 6.42 Å². The van der Waals surface area contributed by atoms with Crippen LogP contribution in [0.2, 0.25) is 0 Å². The number of carboxylic acids is 1. The second-order valence-corrected chi connectivity index (χ2v) is 7.67. The van der Waals surface area contributed by atoms with Crippen molar-refractivity contribution in [2.24, 2.45) is 0 Å². The minimum absolute atomic E-state index is 0.0475. The number of hydrogen-bond acceptors (Lipinski definition) is 6. The van der Waals surface area contributed by atoms with Crippen molar-refractivity contribution < 1.29 is 35.1 Å². The summed E-state index contributed by atoms with van der Waals surface area (Å²) in [6.45, 7) is 2.22. The Morgan fingerprint density at radius 3 is 1.36 bits per heavy atom. The van der Waals surface area contributed by atoms with E-state index >= 15 is 0 Å². The topological polar surface area (TPSA) is 135 Å². The van der Waals surface area contributed by atoms with Crippen molar-refractivity contribution in [3.63, 3.8) is 0 Å². The molecule has 0 amide bonds. The molecular weight excluding hydrogens is 364 g/mol. The van der Waals surface area contributed by atoms with E-state index in [1.807, 2.05) is 0 Å². The third-order valence-corrected chi connectivity index (χ3v) is 5.11. The van der Waals surface area contributed by atoms with Crippen molar-refractivity contribution in [3.05, 3.63) is 0 Å². The SMILES string of the molecule is CCCCCCCCCCCCCCCC(=O)[C@@H](O)[C@H](O)[C@@H](O)[C@@H](O)C(=O)O. The first-order chi connectivity index (χ1) is 13.3. The van der Waals surface area contributed by atoms with Crippen LogP contribution in [0.4, 0.5) is 0 Å². The second-order valence-electron chi connectivity index (χ2n) is 7.67. The van der Waals surface area contributed by atoms with Gasteiger partial charge in [-0.3, -0.25) is 4.79 Å². The Morgan fingerprint density at radius 1 is 0.607 bits per heavy atom. The van der Waals surface area contributed by atoms with Crippen LogP contribution in [0, 0.1) is 0 Å². The van der Waals surface area contributed by atoms with Crippen molar-refractivity contribution in [3.8, 4) is 0 Å². The molecule has 0 radical (unpaired) electrons. The monoisotopic (exact) mass is 404 g/mol. The molecule has 0 saturated carbocycles. The van der Waals surface area contributed by atoms with Crippen LogP contribution in [0.15, 0.2) is 0 Å². The van der Waals surface area contributed by atoms with Gasteiger partial charge in [0.2, 0.25) is 0 Å². The Balaban J connectivity index is 3.67. The first-order valence-corrected chi connectivity index (χ1v) is 10.8. The van der Waals surface area contributed by atoms with E-state index in [0.717, 1.165) is 19.3 Å². The molecule has 0 spiro atoms. The summed E-state index contributed by atoms with van der Waals surface area (Å²) in [7, 11) is 0. The molecular formula is C21H40O7. The maximum atomic E-state index is 11.8. The van der Waals surface area contributed by atoms with Gasteiger partial charge >= 0.3 is 5.97 Å². The number of ketones is 1. The summed E-state index contributed by atoms with van der Waals surface area (Å²) in [6, 6.07) is 0. The number of unbranched alkanes of at least 4 members (excludes halogenated alkanes) is 12. The Bertz CT molecular complexity index is 414. The van der Waals surface area contributed by atoms with Crippen LogP contribution in [-0.4, -0.2) is 61.7 Å². The van der Waals surface area contributed by atoms with Gasteiger partial charge in [-0.25, -0.2) is 4.79 Å². The summed E-state index contributed by atoms with van der Waals surface area (Å²) in [5, 5.41) is 46.6. The first kappa shape index (κ1) is 27.0. The van der Waals surface area contributed by atoms with E-state index < -0.39 is 36.2 Å². The Morgan fingerprint density at radius 2 is 0.964 bits per heavy atom. The summed E-state index contributed by atoms with van der Waals surface area (Å²) in [6.07, 6.45) is 6.90. The van der Waals surface area contributed by atoms with E-state index in [1.165, 1.54) is 57.8 Å². The van der Waals surface area contributed by atoms with E-state index in [4.69, 9.17) is 10.2 Å². The molecule has 4 atom stereocenters. The quantitative estimate of drug-likeness (QED) is 0.209. The molecule has 0 aliphatic carbocycles. The van der Waals surface area contributed by atoms with Gasteiger partial charge < -0.3 is 25.5 Å². The lowest BCUT2D eigenvalue weighted by Gasteiger charge is -2.23. The molecule has 0 aliphatic rings. The second kappa shape index (κ2) is 16.9. The van der Waals surface area contributed by atoms with Crippen molar-refractivity contribution in [1.82, 2.24) is 0 Å². The lowest BCUT2D eigenvalue weighted by molar-refractivity contribution is -0.165. The number of aliphatic hydroxyl groups is 4. The van der Waals surface area contributed by atoms with Gasteiger partial charge in [-0.15, -0.1) is 0 Å². The molecule has 0 saturated heterocycles. The third kappa shape index (κ3) is 12.4. The van der Waals surface area contributed by atoms with Crippen molar-refractivity contribution in [2.75, 3.05) is 0 Å². The smallest absolute Gasteiger partial charge is 0.335 e. The van der Waals surface area contributed by atoms with Gasteiger partial charge in [-0.1, -0.05) is 84.0 Å². The molecule has 7 heteroatoms. The van der Waals surface area contributed by atoms with Gasteiger partial charge in [0.15, 0.2) is 11.9 Å². The van der Waals surface area contributed by atoms with Gasteiger partial charge in [0.05, 0.1) is 0 Å². The van der Waals surface area contributed by atoms with E-state index in [-0.39, 0.29) is 6.42 Å². The molecule has 0 aromatic rings. The van der Waals surface area contributed by atoms with Crippen LogP contribution < -0.4 is 0 Å². The molecule has 5 N–H and O–H groups in total. The minimum atomic E-state index is -2.26. The molecule has 0 fully saturated rings. The van der Waals surface area contributed by atoms with Crippen molar-refractivity contribution in [1.29, 1.82) is 0 Å². The third-order valence-electron chi connectivity index (χ3n) is 5.11. The highest BCUT2D eigenvalue weighted by Crippen LogP contribution is 2.14. The highest BCUT2D eigenvalue weighted by molar-refractivity contribution is 5.83. The average molecular weight is 405 g/mol. The van der Waals surface area contributed by atoms with Gasteiger partial charge in [-0.05, 0) is 6.42 Å². The van der Waals surface area contributed by atoms with Crippen LogP contribution in [0.5, 0.6) is 0 Å². The van der Waals surface area contributed by atoms with E-state index in [0.29, 0.717) is 6.42 Å². The van der Waals surface area contributed by atoms with Crippen LogP contribution in [0.3, 0.4) is 0 Å². The molecule has 0 aromatic heterocycles. The number of hydrogen-bond donors (Lipinski definition) is 5. The summed E-state index contributed by atoms with van der Waals surface area (Å²) in [5.41, 5.74) is 0. The number of carboxylic acid groups (broad SMARTS) is 1. The Hall–Kier alpha value is -1.02. The molecule has 0 unspecified atom stereocenters. The predicted octanol–water partition coefficient (Wildman–Crippen LogP) is 2.56. The highest BCUT2D eigenvalue weighted by atomic mass is 16.4. The van der Waals surface area contributed by atoms with Crippen LogP contribution >= 0.6 is 0 Å². The lowest BCUT2D eigenvalue weighted by Crippen LogP contribution is -2.50. The fourth-order valence-corrected chi connectivity index (χ4v) is 3.17. The molecule has 28 heavy (non-hydrogen) atoms. The van der Waals surface area contributed by atoms with Crippen LogP contribution in [-0.2, 0) is 9.59 Å². The molecule has 0 bridgehead atoms. The number of rotatable bonds is 19. The van der Waals surface area contributed by atoms with Gasteiger partial charge in [0.25, 0.3) is 0 Å². The Labute approximate surface area is 168 Å². The van der Waals surface area contributed by atoms with Gasteiger partial charge in [0.1, 0.15) is 18.3 Å². The first-order valence-electron chi connectivity index (χ1n) is 10.8. The zero-order chi connectivity index (χ0) is 21.4. The molecule has 0 aliphatic heterocycles. The number of aliphatic carboxylic acids is 1. The van der Waals surface area contributed by atoms with E-state index in [9.17, 15) is 24.9 Å². The largest absolute Gasteiger partial charge is 0.479 e. The summed E-state index contributed by atoms with van der Waals surface area (Å²) < 4.78 is 0. The number of carbonyl (C=O) groups is 2. The van der Waals surface area contributed by atoms with Crippen LogP contribution in [0.25, 0.3) is 0 Å². The number of carbonyl (C=O) groups excluding carboxylic acids is 1. The molecule has 166 valence electrons. The van der Waals surface area contributed by atoms with Crippen molar-refractivity contribution >= 4 is 11.8 Å². The maximum absolute atomic E-state index is 11.8. The highest BCUT2D eigenvalue weighted by Gasteiger charge is 2.36. The number of Topliss-reactive ketones (excluding diaryl/α,β-unsaturated/α-hetero) is 1. The van der Waals surface area contributed by atoms with Crippen molar-refractivity contribution in [2.45, 2.75) is 121 Å². The summed E-state index contributed by atoms with van der Waals surface area (Å²) >= 11 is 0.